The molecule has 18 heavy (non-hydrogen) atoms. The molecule has 4 heteroatoms. The minimum atomic E-state index is 0.421. The van der Waals surface area contributed by atoms with Gasteiger partial charge in [0.2, 0.25) is 0 Å². The van der Waals surface area contributed by atoms with E-state index in [9.17, 15) is 4.79 Å². The molecule has 2 rings (SSSR count). The maximum atomic E-state index is 10.9. The molecule has 0 saturated carbocycles. The standard InChI is InChI=1S/C14H16N2O2/c1-3-16-8-12(7-15-16)10-18-14-5-4-11(2)6-13(14)9-17/h4-9H,3,10H2,1-2H3. The van der Waals surface area contributed by atoms with Crippen molar-refractivity contribution in [3.8, 4) is 5.75 Å². The van der Waals surface area contributed by atoms with E-state index in [-0.39, 0.29) is 0 Å². The molecule has 0 aliphatic rings. The summed E-state index contributed by atoms with van der Waals surface area (Å²) >= 11 is 0. The molecule has 94 valence electrons. The fourth-order valence-corrected chi connectivity index (χ4v) is 1.71. The molecule has 0 radical (unpaired) electrons. The monoisotopic (exact) mass is 244 g/mol. The summed E-state index contributed by atoms with van der Waals surface area (Å²) in [4.78, 5) is 10.9. The quantitative estimate of drug-likeness (QED) is 0.759. The van der Waals surface area contributed by atoms with Gasteiger partial charge in [0.25, 0.3) is 0 Å². The fraction of sp³-hybridized carbons (Fsp3) is 0.286. The van der Waals surface area contributed by atoms with Crippen molar-refractivity contribution in [2.24, 2.45) is 0 Å². The van der Waals surface area contributed by atoms with E-state index in [1.54, 1.807) is 6.20 Å². The topological polar surface area (TPSA) is 44.1 Å². The molecule has 1 heterocycles. The van der Waals surface area contributed by atoms with Crippen LogP contribution in [0.15, 0.2) is 30.6 Å². The molecule has 1 aromatic heterocycles. The van der Waals surface area contributed by atoms with Gasteiger partial charge in [0, 0.05) is 18.3 Å². The number of hydrogen-bond acceptors (Lipinski definition) is 3. The van der Waals surface area contributed by atoms with E-state index in [1.807, 2.05) is 42.9 Å². The van der Waals surface area contributed by atoms with Gasteiger partial charge in [0.15, 0.2) is 6.29 Å². The number of hydrogen-bond donors (Lipinski definition) is 0. The summed E-state index contributed by atoms with van der Waals surface area (Å²) < 4.78 is 7.48. The molecule has 0 amide bonds. The van der Waals surface area contributed by atoms with Gasteiger partial charge in [0.1, 0.15) is 12.4 Å². The Morgan fingerprint density at radius 2 is 2.28 bits per heavy atom. The second-order valence-corrected chi connectivity index (χ2v) is 4.15. The number of carbonyl (C=O) groups is 1. The van der Waals surface area contributed by atoms with Crippen LogP contribution >= 0.6 is 0 Å². The molecule has 0 fully saturated rings. The van der Waals surface area contributed by atoms with Gasteiger partial charge < -0.3 is 4.74 Å². The zero-order chi connectivity index (χ0) is 13.0. The van der Waals surface area contributed by atoms with Crippen LogP contribution in [0.5, 0.6) is 5.75 Å². The predicted octanol–water partition coefficient (Wildman–Crippen LogP) is 2.60. The summed E-state index contributed by atoms with van der Waals surface area (Å²) in [5.74, 6) is 0.611. The number of benzene rings is 1. The summed E-state index contributed by atoms with van der Waals surface area (Å²) in [5.41, 5.74) is 2.62. The van der Waals surface area contributed by atoms with Crippen LogP contribution in [0.3, 0.4) is 0 Å². The Labute approximate surface area is 106 Å². The number of aromatic nitrogens is 2. The highest BCUT2D eigenvalue weighted by Crippen LogP contribution is 2.19. The second-order valence-electron chi connectivity index (χ2n) is 4.15. The van der Waals surface area contributed by atoms with Gasteiger partial charge in [-0.3, -0.25) is 9.48 Å². The molecule has 0 saturated heterocycles. The van der Waals surface area contributed by atoms with E-state index < -0.39 is 0 Å². The summed E-state index contributed by atoms with van der Waals surface area (Å²) in [5, 5.41) is 4.17. The molecular weight excluding hydrogens is 228 g/mol. The Bertz CT molecular complexity index is 546. The van der Waals surface area contributed by atoms with Crippen LogP contribution in [0.25, 0.3) is 0 Å². The number of aryl methyl sites for hydroxylation is 2. The summed E-state index contributed by atoms with van der Waals surface area (Å²) in [7, 11) is 0. The van der Waals surface area contributed by atoms with E-state index in [4.69, 9.17) is 4.74 Å². The van der Waals surface area contributed by atoms with Crippen LogP contribution in [0.4, 0.5) is 0 Å². The largest absolute Gasteiger partial charge is 0.488 e. The van der Waals surface area contributed by atoms with Crippen molar-refractivity contribution in [3.63, 3.8) is 0 Å². The number of rotatable bonds is 5. The lowest BCUT2D eigenvalue weighted by Crippen LogP contribution is -1.98. The molecule has 1 aromatic carbocycles. The van der Waals surface area contributed by atoms with Crippen molar-refractivity contribution in [1.29, 1.82) is 0 Å². The molecule has 2 aromatic rings. The first-order valence-electron chi connectivity index (χ1n) is 5.93. The molecule has 0 bridgehead atoms. The highest BCUT2D eigenvalue weighted by molar-refractivity contribution is 5.79. The summed E-state index contributed by atoms with van der Waals surface area (Å²) in [6.45, 7) is 5.23. The minimum Gasteiger partial charge on any atom is -0.488 e. The second kappa shape index (κ2) is 5.49. The molecule has 0 spiro atoms. The maximum Gasteiger partial charge on any atom is 0.153 e. The summed E-state index contributed by atoms with van der Waals surface area (Å²) in [6, 6.07) is 5.57. The fourth-order valence-electron chi connectivity index (χ4n) is 1.71. The van der Waals surface area contributed by atoms with Gasteiger partial charge in [-0.15, -0.1) is 0 Å². The summed E-state index contributed by atoms with van der Waals surface area (Å²) in [6.07, 6.45) is 4.53. The van der Waals surface area contributed by atoms with E-state index in [0.717, 1.165) is 24.0 Å². The van der Waals surface area contributed by atoms with Crippen LogP contribution in [0.2, 0.25) is 0 Å². The average molecular weight is 244 g/mol. The van der Waals surface area contributed by atoms with E-state index in [0.29, 0.717) is 17.9 Å². The van der Waals surface area contributed by atoms with Gasteiger partial charge in [0.05, 0.1) is 11.8 Å². The molecule has 0 aliphatic carbocycles. The van der Waals surface area contributed by atoms with Gasteiger partial charge in [-0.2, -0.15) is 5.10 Å². The Kier molecular flexibility index (Phi) is 3.77. The number of aldehydes is 1. The molecule has 0 N–H and O–H groups in total. The zero-order valence-corrected chi connectivity index (χ0v) is 10.6. The van der Waals surface area contributed by atoms with Crippen molar-refractivity contribution < 1.29 is 9.53 Å². The Morgan fingerprint density at radius 1 is 1.44 bits per heavy atom. The van der Waals surface area contributed by atoms with Crippen LogP contribution < -0.4 is 4.74 Å². The first-order valence-corrected chi connectivity index (χ1v) is 5.93. The Balaban J connectivity index is 2.07. The first kappa shape index (κ1) is 12.4. The van der Waals surface area contributed by atoms with Gasteiger partial charge in [-0.05, 0) is 26.0 Å². The van der Waals surface area contributed by atoms with E-state index in [1.165, 1.54) is 0 Å². The SMILES string of the molecule is CCn1cc(COc2ccc(C)cc2C=O)cn1. The lowest BCUT2D eigenvalue weighted by molar-refractivity contribution is 0.111. The zero-order valence-electron chi connectivity index (χ0n) is 10.6. The van der Waals surface area contributed by atoms with Crippen molar-refractivity contribution >= 4 is 6.29 Å². The third-order valence-corrected chi connectivity index (χ3v) is 2.70. The van der Waals surface area contributed by atoms with Crippen molar-refractivity contribution in [2.45, 2.75) is 27.0 Å². The van der Waals surface area contributed by atoms with Gasteiger partial charge in [-0.1, -0.05) is 11.6 Å². The van der Waals surface area contributed by atoms with Crippen molar-refractivity contribution in [3.05, 3.63) is 47.3 Å². The highest BCUT2D eigenvalue weighted by atomic mass is 16.5. The molecular formula is C14H16N2O2. The van der Waals surface area contributed by atoms with E-state index in [2.05, 4.69) is 5.10 Å². The lowest BCUT2D eigenvalue weighted by Gasteiger charge is -2.07. The van der Waals surface area contributed by atoms with Crippen LogP contribution in [0.1, 0.15) is 28.4 Å². The third kappa shape index (κ3) is 2.77. The predicted molar refractivity (Wildman–Crippen MR) is 68.8 cm³/mol. The Hall–Kier alpha value is -2.10. The first-order chi connectivity index (χ1) is 8.72. The smallest absolute Gasteiger partial charge is 0.153 e. The normalized spacial score (nSPS) is 10.3. The molecule has 0 aliphatic heterocycles. The highest BCUT2D eigenvalue weighted by Gasteiger charge is 2.04. The number of ether oxygens (including phenoxy) is 1. The van der Waals surface area contributed by atoms with Crippen LogP contribution in [-0.4, -0.2) is 16.1 Å². The number of carbonyl (C=O) groups excluding carboxylic acids is 1. The average Bonchev–Trinajstić information content (AvgIpc) is 2.85. The van der Waals surface area contributed by atoms with Crippen LogP contribution in [0, 0.1) is 6.92 Å². The lowest BCUT2D eigenvalue weighted by atomic mass is 10.1. The Morgan fingerprint density at radius 3 is 2.94 bits per heavy atom. The third-order valence-electron chi connectivity index (χ3n) is 2.70. The molecule has 4 nitrogen and oxygen atoms in total. The van der Waals surface area contributed by atoms with Crippen molar-refractivity contribution in [2.75, 3.05) is 0 Å². The molecule has 0 atom stereocenters. The molecule has 0 unspecified atom stereocenters. The van der Waals surface area contributed by atoms with Gasteiger partial charge in [-0.25, -0.2) is 0 Å². The van der Waals surface area contributed by atoms with Gasteiger partial charge >= 0.3 is 0 Å². The van der Waals surface area contributed by atoms with Crippen LogP contribution in [-0.2, 0) is 13.2 Å². The minimum absolute atomic E-state index is 0.421. The van der Waals surface area contributed by atoms with E-state index >= 15 is 0 Å². The maximum absolute atomic E-state index is 10.9. The number of nitrogens with zero attached hydrogens (tertiary/aromatic N) is 2. The van der Waals surface area contributed by atoms with Crippen molar-refractivity contribution in [1.82, 2.24) is 9.78 Å².